The number of hydrogen-bond acceptors (Lipinski definition) is 4. The van der Waals surface area contributed by atoms with E-state index < -0.39 is 13.7 Å². The third-order valence-corrected chi connectivity index (χ3v) is 6.19. The van der Waals surface area contributed by atoms with Gasteiger partial charge in [0.1, 0.15) is 5.82 Å². The second kappa shape index (κ2) is 7.79. The van der Waals surface area contributed by atoms with Crippen molar-refractivity contribution in [1.29, 1.82) is 0 Å². The number of rotatable bonds is 6. The molecule has 1 atom stereocenters. The van der Waals surface area contributed by atoms with Crippen LogP contribution in [0.4, 0.5) is 4.39 Å². The molecule has 1 N–H and O–H groups in total. The van der Waals surface area contributed by atoms with Crippen LogP contribution in [-0.4, -0.2) is 25.5 Å². The Labute approximate surface area is 148 Å². The Balaban J connectivity index is 2.57. The van der Waals surface area contributed by atoms with Gasteiger partial charge in [-0.15, -0.1) is 0 Å². The van der Waals surface area contributed by atoms with E-state index >= 15 is 0 Å². The smallest absolute Gasteiger partial charge is 0.333 e. The average Bonchev–Trinajstić information content (AvgIpc) is 2.56. The SMILES string of the molecule is COP(=O)(CC(O)c1c(C)cc(C)cc1-c1ccc(F)c(C)c1)OC. The molecule has 0 amide bonds. The fraction of sp³-hybridized carbons (Fsp3) is 0.368. The van der Waals surface area contributed by atoms with Crippen LogP contribution in [0.25, 0.3) is 11.1 Å². The van der Waals surface area contributed by atoms with Gasteiger partial charge in [-0.2, -0.15) is 0 Å². The molecule has 0 aliphatic carbocycles. The van der Waals surface area contributed by atoms with Gasteiger partial charge in [0.15, 0.2) is 0 Å². The highest BCUT2D eigenvalue weighted by Gasteiger charge is 2.29. The van der Waals surface area contributed by atoms with Crippen LogP contribution in [0.3, 0.4) is 0 Å². The summed E-state index contributed by atoms with van der Waals surface area (Å²) in [6.07, 6.45) is -1.19. The molecule has 6 heteroatoms. The van der Waals surface area contributed by atoms with Gasteiger partial charge in [0.2, 0.25) is 0 Å². The predicted molar refractivity (Wildman–Crippen MR) is 97.5 cm³/mol. The Morgan fingerprint density at radius 2 is 1.72 bits per heavy atom. The summed E-state index contributed by atoms with van der Waals surface area (Å²) in [5, 5.41) is 10.7. The van der Waals surface area contributed by atoms with Crippen molar-refractivity contribution in [2.24, 2.45) is 0 Å². The molecular weight excluding hydrogens is 342 g/mol. The monoisotopic (exact) mass is 366 g/mol. The van der Waals surface area contributed by atoms with E-state index in [1.165, 1.54) is 20.3 Å². The largest absolute Gasteiger partial charge is 0.388 e. The highest BCUT2D eigenvalue weighted by atomic mass is 31.2. The Hall–Kier alpha value is -1.52. The number of aliphatic hydroxyl groups is 1. The van der Waals surface area contributed by atoms with Gasteiger partial charge in [-0.05, 0) is 60.7 Å². The summed E-state index contributed by atoms with van der Waals surface area (Å²) in [4.78, 5) is 0. The Morgan fingerprint density at radius 3 is 2.28 bits per heavy atom. The lowest BCUT2D eigenvalue weighted by Crippen LogP contribution is -2.10. The summed E-state index contributed by atoms with van der Waals surface area (Å²) in [6, 6.07) is 8.71. The second-order valence-corrected chi connectivity index (χ2v) is 8.50. The van der Waals surface area contributed by atoms with Crippen molar-refractivity contribution in [2.75, 3.05) is 20.4 Å². The molecule has 2 rings (SSSR count). The highest BCUT2D eigenvalue weighted by molar-refractivity contribution is 7.53. The Bertz CT molecular complexity index is 811. The molecule has 0 radical (unpaired) electrons. The van der Waals surface area contributed by atoms with Crippen LogP contribution >= 0.6 is 7.60 Å². The third kappa shape index (κ3) is 4.36. The Morgan fingerprint density at radius 1 is 1.08 bits per heavy atom. The molecule has 2 aromatic carbocycles. The van der Waals surface area contributed by atoms with Crippen LogP contribution < -0.4 is 0 Å². The van der Waals surface area contributed by atoms with Crippen LogP contribution in [-0.2, 0) is 13.6 Å². The molecular formula is C19H24FO4P. The first-order chi connectivity index (χ1) is 11.7. The maximum absolute atomic E-state index is 13.6. The van der Waals surface area contributed by atoms with Gasteiger partial charge in [-0.1, -0.05) is 23.8 Å². The molecule has 0 bridgehead atoms. The fourth-order valence-corrected chi connectivity index (χ4v) is 4.05. The zero-order chi connectivity index (χ0) is 18.8. The predicted octanol–water partition coefficient (Wildman–Crippen LogP) is 4.94. The molecule has 0 fully saturated rings. The lowest BCUT2D eigenvalue weighted by molar-refractivity contribution is 0.183. The van der Waals surface area contributed by atoms with Crippen molar-refractivity contribution < 1.29 is 23.1 Å². The minimum atomic E-state index is -3.37. The van der Waals surface area contributed by atoms with Gasteiger partial charge < -0.3 is 14.2 Å². The Kier molecular flexibility index (Phi) is 6.17. The maximum atomic E-state index is 13.6. The summed E-state index contributed by atoms with van der Waals surface area (Å²) >= 11 is 0. The molecule has 4 nitrogen and oxygen atoms in total. The first kappa shape index (κ1) is 19.8. The molecule has 0 aliphatic heterocycles. The van der Waals surface area contributed by atoms with E-state index in [0.29, 0.717) is 11.1 Å². The molecule has 25 heavy (non-hydrogen) atoms. The van der Waals surface area contributed by atoms with Crippen molar-refractivity contribution in [3.63, 3.8) is 0 Å². The van der Waals surface area contributed by atoms with E-state index in [-0.39, 0.29) is 12.0 Å². The van der Waals surface area contributed by atoms with E-state index in [1.54, 1.807) is 19.1 Å². The van der Waals surface area contributed by atoms with E-state index in [2.05, 4.69) is 0 Å². The van der Waals surface area contributed by atoms with E-state index in [1.807, 2.05) is 26.0 Å². The van der Waals surface area contributed by atoms with Crippen molar-refractivity contribution in [2.45, 2.75) is 26.9 Å². The normalized spacial score (nSPS) is 13.1. The lowest BCUT2D eigenvalue weighted by Gasteiger charge is -2.22. The second-order valence-electron chi connectivity index (χ2n) is 6.18. The van der Waals surface area contributed by atoms with E-state index in [9.17, 15) is 14.1 Å². The third-order valence-electron chi connectivity index (χ3n) is 4.29. The summed E-state index contributed by atoms with van der Waals surface area (Å²) in [7, 11) is -0.783. The molecule has 0 saturated carbocycles. The number of aliphatic hydroxyl groups excluding tert-OH is 1. The fourth-order valence-electron chi connectivity index (χ4n) is 3.00. The summed E-state index contributed by atoms with van der Waals surface area (Å²) < 4.78 is 35.9. The van der Waals surface area contributed by atoms with Gasteiger partial charge in [0.25, 0.3) is 0 Å². The van der Waals surface area contributed by atoms with Crippen molar-refractivity contribution >= 4 is 7.60 Å². The first-order valence-corrected chi connectivity index (χ1v) is 9.70. The average molecular weight is 366 g/mol. The van der Waals surface area contributed by atoms with Gasteiger partial charge in [0.05, 0.1) is 12.3 Å². The number of benzene rings is 2. The zero-order valence-corrected chi connectivity index (χ0v) is 16.1. The standard InChI is InChI=1S/C19H24FO4P/c1-12-8-14(3)19(18(21)11-25(22,23-4)24-5)16(9-12)15-6-7-17(20)13(2)10-15/h6-10,18,21H,11H2,1-5H3. The van der Waals surface area contributed by atoms with E-state index in [0.717, 1.165) is 22.3 Å². The molecule has 136 valence electrons. The molecule has 1 unspecified atom stereocenters. The first-order valence-electron chi connectivity index (χ1n) is 7.97. The summed E-state index contributed by atoms with van der Waals surface area (Å²) in [5.41, 5.74) is 4.63. The minimum Gasteiger partial charge on any atom is -0.388 e. The van der Waals surface area contributed by atoms with Gasteiger partial charge in [0, 0.05) is 14.2 Å². The van der Waals surface area contributed by atoms with E-state index in [4.69, 9.17) is 9.05 Å². The van der Waals surface area contributed by atoms with Crippen LogP contribution in [0.5, 0.6) is 0 Å². The van der Waals surface area contributed by atoms with Gasteiger partial charge in [-0.25, -0.2) is 4.39 Å². The molecule has 2 aromatic rings. The van der Waals surface area contributed by atoms with Crippen molar-refractivity contribution in [3.05, 3.63) is 58.4 Å². The zero-order valence-electron chi connectivity index (χ0n) is 15.2. The van der Waals surface area contributed by atoms with Crippen LogP contribution in [0.2, 0.25) is 0 Å². The molecule has 0 aromatic heterocycles. The lowest BCUT2D eigenvalue weighted by atomic mass is 9.90. The van der Waals surface area contributed by atoms with Crippen molar-refractivity contribution in [1.82, 2.24) is 0 Å². The summed E-state index contributed by atoms with van der Waals surface area (Å²) in [5.74, 6) is -0.279. The molecule has 0 spiro atoms. The maximum Gasteiger partial charge on any atom is 0.333 e. The van der Waals surface area contributed by atoms with Crippen LogP contribution in [0.1, 0.15) is 28.4 Å². The highest BCUT2D eigenvalue weighted by Crippen LogP contribution is 2.50. The number of halogens is 1. The number of aryl methyl sites for hydroxylation is 3. The van der Waals surface area contributed by atoms with Crippen molar-refractivity contribution in [3.8, 4) is 11.1 Å². The summed E-state index contributed by atoms with van der Waals surface area (Å²) in [6.45, 7) is 5.54. The molecule has 0 saturated heterocycles. The molecule has 0 aliphatic rings. The molecule has 0 heterocycles. The van der Waals surface area contributed by atoms with Gasteiger partial charge >= 0.3 is 7.60 Å². The quantitative estimate of drug-likeness (QED) is 0.736. The van der Waals surface area contributed by atoms with Crippen LogP contribution in [0, 0.1) is 26.6 Å². The number of hydrogen-bond donors (Lipinski definition) is 1. The minimum absolute atomic E-state index is 0.156. The topological polar surface area (TPSA) is 55.8 Å². The van der Waals surface area contributed by atoms with Crippen LogP contribution in [0.15, 0.2) is 30.3 Å². The van der Waals surface area contributed by atoms with Gasteiger partial charge in [-0.3, -0.25) is 4.57 Å².